The Balaban J connectivity index is 0.00000264. The molecule has 1 aromatic rings. The topological polar surface area (TPSA) is 58.4 Å². The van der Waals surface area contributed by atoms with Crippen LogP contribution in [0.3, 0.4) is 0 Å². The van der Waals surface area contributed by atoms with Crippen molar-refractivity contribution in [2.45, 2.75) is 51.6 Å². The number of aryl methyl sites for hydroxylation is 1. The number of nitrogens with two attached hydrogens (primary N) is 1. The van der Waals surface area contributed by atoms with E-state index in [1.165, 1.54) is 5.56 Å². The second kappa shape index (κ2) is 9.62. The summed E-state index contributed by atoms with van der Waals surface area (Å²) < 4.78 is 0. The summed E-state index contributed by atoms with van der Waals surface area (Å²) in [6, 6.07) is 6.25. The first-order valence-electron chi connectivity index (χ1n) is 8.13. The Labute approximate surface area is 158 Å². The molecular formula is C18H31Cl2N3O. The highest BCUT2D eigenvalue weighted by molar-refractivity contribution is 5.94. The van der Waals surface area contributed by atoms with Gasteiger partial charge in [-0.2, -0.15) is 0 Å². The summed E-state index contributed by atoms with van der Waals surface area (Å²) in [5.74, 6) is -0.0343. The monoisotopic (exact) mass is 375 g/mol. The second-order valence-corrected chi connectivity index (χ2v) is 7.18. The van der Waals surface area contributed by atoms with Crippen LogP contribution in [0.4, 0.5) is 5.69 Å². The summed E-state index contributed by atoms with van der Waals surface area (Å²) in [5, 5.41) is 3.11. The highest BCUT2D eigenvalue weighted by atomic mass is 35.5. The van der Waals surface area contributed by atoms with Gasteiger partial charge < -0.3 is 16.0 Å². The van der Waals surface area contributed by atoms with Crippen molar-refractivity contribution in [3.05, 3.63) is 29.3 Å². The van der Waals surface area contributed by atoms with Crippen molar-refractivity contribution in [2.24, 2.45) is 11.7 Å². The van der Waals surface area contributed by atoms with Gasteiger partial charge in [0, 0.05) is 17.8 Å². The molecule has 6 heteroatoms. The van der Waals surface area contributed by atoms with E-state index >= 15 is 0 Å². The fourth-order valence-electron chi connectivity index (χ4n) is 3.28. The summed E-state index contributed by atoms with van der Waals surface area (Å²) in [4.78, 5) is 14.8. The van der Waals surface area contributed by atoms with Gasteiger partial charge in [-0.05, 0) is 58.0 Å². The second-order valence-electron chi connectivity index (χ2n) is 7.18. The maximum Gasteiger partial charge on any atom is 0.229 e. The van der Waals surface area contributed by atoms with Gasteiger partial charge >= 0.3 is 0 Å². The number of carbonyl (C=O) groups excluding carboxylic acids is 1. The zero-order valence-electron chi connectivity index (χ0n) is 15.1. The molecule has 2 rings (SSSR count). The zero-order chi connectivity index (χ0) is 16.3. The first-order valence-corrected chi connectivity index (χ1v) is 8.13. The summed E-state index contributed by atoms with van der Waals surface area (Å²) in [6.07, 6.45) is 4.01. The van der Waals surface area contributed by atoms with Crippen molar-refractivity contribution in [2.75, 3.05) is 19.4 Å². The normalized spacial score (nSPS) is 23.2. The molecule has 0 saturated heterocycles. The molecule has 0 bridgehead atoms. The minimum atomic E-state index is -0.391. The fraction of sp³-hybridized carbons (Fsp3) is 0.611. The van der Waals surface area contributed by atoms with Gasteiger partial charge in [0.05, 0.1) is 5.92 Å². The molecule has 4 nitrogen and oxygen atoms in total. The van der Waals surface area contributed by atoms with Crippen LogP contribution in [0.5, 0.6) is 0 Å². The molecule has 0 radical (unpaired) electrons. The van der Waals surface area contributed by atoms with Crippen LogP contribution in [0.1, 0.15) is 43.7 Å². The Bertz CT molecular complexity index is 547. The Hall–Kier alpha value is -0.810. The fourth-order valence-corrected chi connectivity index (χ4v) is 3.28. The number of nitrogens with zero attached hydrogens (tertiary/aromatic N) is 1. The number of nitrogens with one attached hydrogen (secondary N) is 1. The van der Waals surface area contributed by atoms with E-state index in [9.17, 15) is 4.79 Å². The molecule has 2 atom stereocenters. The third kappa shape index (κ3) is 5.92. The van der Waals surface area contributed by atoms with E-state index in [-0.39, 0.29) is 36.6 Å². The van der Waals surface area contributed by atoms with Gasteiger partial charge in [-0.1, -0.05) is 25.0 Å². The first kappa shape index (κ1) is 23.2. The van der Waals surface area contributed by atoms with Crippen molar-refractivity contribution >= 4 is 36.4 Å². The Morgan fingerprint density at radius 3 is 2.58 bits per heavy atom. The van der Waals surface area contributed by atoms with Gasteiger partial charge in [0.25, 0.3) is 0 Å². The predicted octanol–water partition coefficient (Wildman–Crippen LogP) is 3.75. The predicted molar refractivity (Wildman–Crippen MR) is 106 cm³/mol. The average Bonchev–Trinajstić information content (AvgIpc) is 2.41. The van der Waals surface area contributed by atoms with Gasteiger partial charge in [-0.25, -0.2) is 0 Å². The van der Waals surface area contributed by atoms with E-state index in [1.807, 2.05) is 27.9 Å². The number of carbonyl (C=O) groups is 1. The lowest BCUT2D eigenvalue weighted by molar-refractivity contribution is -0.122. The number of benzene rings is 1. The lowest BCUT2D eigenvalue weighted by atomic mass is 9.74. The van der Waals surface area contributed by atoms with E-state index in [2.05, 4.69) is 28.4 Å². The van der Waals surface area contributed by atoms with E-state index in [0.717, 1.165) is 43.5 Å². The van der Waals surface area contributed by atoms with Crippen LogP contribution >= 0.6 is 24.8 Å². The molecule has 3 N–H and O–H groups in total. The summed E-state index contributed by atoms with van der Waals surface area (Å²) in [7, 11) is 4.08. The minimum Gasteiger partial charge on any atom is -0.326 e. The highest BCUT2D eigenvalue weighted by Crippen LogP contribution is 2.32. The number of hydrogen-bond acceptors (Lipinski definition) is 3. The number of amides is 1. The van der Waals surface area contributed by atoms with E-state index in [0.29, 0.717) is 0 Å². The van der Waals surface area contributed by atoms with Crippen molar-refractivity contribution in [1.82, 2.24) is 4.90 Å². The largest absolute Gasteiger partial charge is 0.326 e. The third-order valence-electron chi connectivity index (χ3n) is 4.63. The van der Waals surface area contributed by atoms with Crippen LogP contribution in [0.25, 0.3) is 0 Å². The van der Waals surface area contributed by atoms with Crippen molar-refractivity contribution < 1.29 is 4.79 Å². The van der Waals surface area contributed by atoms with E-state index in [1.54, 1.807) is 0 Å². The molecule has 0 spiro atoms. The number of halogens is 2. The molecule has 1 aliphatic carbocycles. The van der Waals surface area contributed by atoms with Gasteiger partial charge in [0.1, 0.15) is 0 Å². The van der Waals surface area contributed by atoms with Crippen molar-refractivity contribution in [1.29, 1.82) is 0 Å². The SMILES string of the molecule is Cc1ccc(CN(C)C)cc1NC(=O)C1CCCCC1(C)N.Cl.Cl. The smallest absolute Gasteiger partial charge is 0.229 e. The molecular weight excluding hydrogens is 345 g/mol. The van der Waals surface area contributed by atoms with Crippen LogP contribution in [0.2, 0.25) is 0 Å². The van der Waals surface area contributed by atoms with Crippen molar-refractivity contribution in [3.63, 3.8) is 0 Å². The summed E-state index contributed by atoms with van der Waals surface area (Å²) in [6.45, 7) is 4.89. The number of hydrogen-bond donors (Lipinski definition) is 2. The average molecular weight is 376 g/mol. The first-order chi connectivity index (χ1) is 10.3. The van der Waals surface area contributed by atoms with Crippen molar-refractivity contribution in [3.8, 4) is 0 Å². The lowest BCUT2D eigenvalue weighted by Crippen LogP contribution is -2.51. The van der Waals surface area contributed by atoms with Gasteiger partial charge in [0.2, 0.25) is 5.91 Å². The Morgan fingerprint density at radius 2 is 2.00 bits per heavy atom. The molecule has 1 aromatic carbocycles. The molecule has 1 amide bonds. The van der Waals surface area contributed by atoms with Crippen LogP contribution in [0.15, 0.2) is 18.2 Å². The van der Waals surface area contributed by atoms with Crippen LogP contribution in [0, 0.1) is 12.8 Å². The van der Waals surface area contributed by atoms with Gasteiger partial charge in [-0.15, -0.1) is 24.8 Å². The number of rotatable bonds is 4. The Morgan fingerprint density at radius 1 is 1.33 bits per heavy atom. The van der Waals surface area contributed by atoms with E-state index < -0.39 is 5.54 Å². The van der Waals surface area contributed by atoms with E-state index in [4.69, 9.17) is 5.73 Å². The van der Waals surface area contributed by atoms with Gasteiger partial charge in [0.15, 0.2) is 0 Å². The maximum absolute atomic E-state index is 12.7. The molecule has 0 heterocycles. The van der Waals surface area contributed by atoms with Crippen LogP contribution in [-0.4, -0.2) is 30.4 Å². The minimum absolute atomic E-state index is 0. The summed E-state index contributed by atoms with van der Waals surface area (Å²) in [5.41, 5.74) is 9.15. The standard InChI is InChI=1S/C18H29N3O.2ClH/c1-13-8-9-14(12-21(3)4)11-16(13)20-17(22)15-7-5-6-10-18(15,2)19;;/h8-9,11,15H,5-7,10,12,19H2,1-4H3,(H,20,22);2*1H. The molecule has 2 unspecified atom stereocenters. The molecule has 0 aliphatic heterocycles. The van der Waals surface area contributed by atoms with Gasteiger partial charge in [-0.3, -0.25) is 4.79 Å². The van der Waals surface area contributed by atoms with Crippen LogP contribution < -0.4 is 11.1 Å². The molecule has 0 aromatic heterocycles. The third-order valence-corrected chi connectivity index (χ3v) is 4.63. The molecule has 24 heavy (non-hydrogen) atoms. The zero-order valence-corrected chi connectivity index (χ0v) is 16.7. The molecule has 1 aliphatic rings. The molecule has 138 valence electrons. The molecule has 1 saturated carbocycles. The quantitative estimate of drug-likeness (QED) is 0.842. The number of anilines is 1. The summed E-state index contributed by atoms with van der Waals surface area (Å²) >= 11 is 0. The lowest BCUT2D eigenvalue weighted by Gasteiger charge is -2.37. The maximum atomic E-state index is 12.7. The Kier molecular flexibility index (Phi) is 9.29. The van der Waals surface area contributed by atoms with Crippen LogP contribution in [-0.2, 0) is 11.3 Å². The molecule has 1 fully saturated rings. The highest BCUT2D eigenvalue weighted by Gasteiger charge is 2.37.